The van der Waals surface area contributed by atoms with E-state index in [1.165, 1.54) is 0 Å². The van der Waals surface area contributed by atoms with Gasteiger partial charge in [-0.15, -0.1) is 0 Å². The fourth-order valence-corrected chi connectivity index (χ4v) is 3.38. The van der Waals surface area contributed by atoms with Gasteiger partial charge in [0.25, 0.3) is 5.91 Å². The van der Waals surface area contributed by atoms with Crippen LogP contribution >= 0.6 is 0 Å². The summed E-state index contributed by atoms with van der Waals surface area (Å²) in [5.41, 5.74) is 0.254. The maximum atomic E-state index is 12.5. The van der Waals surface area contributed by atoms with E-state index in [1.807, 2.05) is 30.3 Å². The Balaban J connectivity index is 1.66. The number of aliphatic hydroxyl groups is 1. The van der Waals surface area contributed by atoms with Crippen LogP contribution < -0.4 is 5.32 Å². The predicted octanol–water partition coefficient (Wildman–Crippen LogP) is 0.380. The molecular formula is C18H23N3O4. The lowest BCUT2D eigenvalue weighted by atomic mass is 9.79. The van der Waals surface area contributed by atoms with Crippen molar-refractivity contribution < 1.29 is 19.5 Å². The van der Waals surface area contributed by atoms with Gasteiger partial charge < -0.3 is 15.3 Å². The molecule has 0 spiro atoms. The Morgan fingerprint density at radius 3 is 2.68 bits per heavy atom. The van der Waals surface area contributed by atoms with Gasteiger partial charge >= 0.3 is 6.03 Å². The van der Waals surface area contributed by atoms with E-state index >= 15 is 0 Å². The Labute approximate surface area is 146 Å². The predicted molar refractivity (Wildman–Crippen MR) is 90.6 cm³/mol. The number of imide groups is 1. The molecule has 0 saturated carbocycles. The first kappa shape index (κ1) is 17.4. The number of likely N-dealkylation sites (tertiary alicyclic amines) is 1. The molecule has 2 saturated heterocycles. The molecule has 0 bridgehead atoms. The number of rotatable bonds is 4. The van der Waals surface area contributed by atoms with Gasteiger partial charge in [0, 0.05) is 19.0 Å². The Kier molecular flexibility index (Phi) is 4.76. The summed E-state index contributed by atoms with van der Waals surface area (Å²) < 4.78 is 0. The van der Waals surface area contributed by atoms with Gasteiger partial charge in [0.1, 0.15) is 6.54 Å². The highest BCUT2D eigenvalue weighted by molar-refractivity contribution is 6.04. The number of carbonyl (C=O) groups excluding carboxylic acids is 3. The van der Waals surface area contributed by atoms with E-state index < -0.39 is 11.6 Å². The number of amides is 4. The molecular weight excluding hydrogens is 322 g/mol. The Morgan fingerprint density at radius 2 is 2.04 bits per heavy atom. The van der Waals surface area contributed by atoms with Crippen molar-refractivity contribution in [1.29, 1.82) is 0 Å². The van der Waals surface area contributed by atoms with Gasteiger partial charge in [-0.3, -0.25) is 14.5 Å². The molecule has 2 N–H and O–H groups in total. The summed E-state index contributed by atoms with van der Waals surface area (Å²) in [6, 6.07) is 9.33. The fraction of sp³-hybridized carbons (Fsp3) is 0.500. The lowest BCUT2D eigenvalue weighted by Gasteiger charge is -2.43. The number of benzene rings is 1. The van der Waals surface area contributed by atoms with E-state index in [-0.39, 0.29) is 30.8 Å². The largest absolute Gasteiger partial charge is 0.390 e. The van der Waals surface area contributed by atoms with Crippen molar-refractivity contribution >= 4 is 17.8 Å². The lowest BCUT2D eigenvalue weighted by molar-refractivity contribution is -0.142. The van der Waals surface area contributed by atoms with E-state index in [0.717, 1.165) is 10.5 Å². The van der Waals surface area contributed by atoms with Crippen molar-refractivity contribution in [1.82, 2.24) is 15.1 Å². The number of nitrogens with zero attached hydrogens (tertiary/aromatic N) is 2. The van der Waals surface area contributed by atoms with Crippen molar-refractivity contribution in [3.63, 3.8) is 0 Å². The minimum absolute atomic E-state index is 0.0581. The molecule has 2 aliphatic heterocycles. The maximum Gasteiger partial charge on any atom is 0.325 e. The quantitative estimate of drug-likeness (QED) is 0.772. The average molecular weight is 345 g/mol. The summed E-state index contributed by atoms with van der Waals surface area (Å²) in [4.78, 5) is 38.4. The molecule has 25 heavy (non-hydrogen) atoms. The van der Waals surface area contributed by atoms with Crippen LogP contribution in [0, 0.1) is 5.92 Å². The monoisotopic (exact) mass is 345 g/mol. The van der Waals surface area contributed by atoms with Crippen LogP contribution in [-0.2, 0) is 16.0 Å². The van der Waals surface area contributed by atoms with Gasteiger partial charge in [0.05, 0.1) is 12.1 Å². The van der Waals surface area contributed by atoms with E-state index in [1.54, 1.807) is 11.8 Å². The Bertz CT molecular complexity index is 658. The molecule has 3 rings (SSSR count). The summed E-state index contributed by atoms with van der Waals surface area (Å²) in [7, 11) is 0. The molecule has 2 heterocycles. The molecule has 1 aromatic rings. The third-order valence-electron chi connectivity index (χ3n) is 5.12. The number of nitrogens with one attached hydrogen (secondary N) is 1. The minimum Gasteiger partial charge on any atom is -0.390 e. The molecule has 7 heteroatoms. The van der Waals surface area contributed by atoms with Crippen molar-refractivity contribution in [3.05, 3.63) is 35.9 Å². The molecule has 134 valence electrons. The number of piperidine rings is 1. The van der Waals surface area contributed by atoms with Gasteiger partial charge in [-0.1, -0.05) is 30.3 Å². The zero-order valence-electron chi connectivity index (χ0n) is 14.3. The summed E-state index contributed by atoms with van der Waals surface area (Å²) in [6.07, 6.45) is 1.14. The van der Waals surface area contributed by atoms with Gasteiger partial charge in [0.15, 0.2) is 0 Å². The highest BCUT2D eigenvalue weighted by atomic mass is 16.3. The van der Waals surface area contributed by atoms with Gasteiger partial charge in [0.2, 0.25) is 5.91 Å². The molecule has 2 aliphatic rings. The summed E-state index contributed by atoms with van der Waals surface area (Å²) in [6.45, 7) is 2.33. The lowest BCUT2D eigenvalue weighted by Crippen LogP contribution is -2.54. The SMILES string of the molecule is C[C@@]1(O)CCN(C(=O)CN2C(=O)CNC2=O)C[C@@H]1Cc1ccccc1. The summed E-state index contributed by atoms with van der Waals surface area (Å²) in [5.74, 6) is -0.752. The smallest absolute Gasteiger partial charge is 0.325 e. The molecule has 2 fully saturated rings. The fourth-order valence-electron chi connectivity index (χ4n) is 3.38. The van der Waals surface area contributed by atoms with E-state index in [9.17, 15) is 19.5 Å². The van der Waals surface area contributed by atoms with Crippen LogP contribution in [0.25, 0.3) is 0 Å². The zero-order valence-corrected chi connectivity index (χ0v) is 14.3. The van der Waals surface area contributed by atoms with Crippen molar-refractivity contribution in [2.45, 2.75) is 25.4 Å². The van der Waals surface area contributed by atoms with E-state index in [2.05, 4.69) is 5.32 Å². The standard InChI is InChI=1S/C18H23N3O4/c1-18(25)7-8-20(11-14(18)9-13-5-3-2-4-6-13)16(23)12-21-15(22)10-19-17(21)24/h2-6,14,25H,7-12H2,1H3,(H,19,24)/t14-,18+/m0/s1. The summed E-state index contributed by atoms with van der Waals surface area (Å²) in [5, 5.41) is 13.1. The topological polar surface area (TPSA) is 89.9 Å². The van der Waals surface area contributed by atoms with Crippen LogP contribution in [0.15, 0.2) is 30.3 Å². The number of carbonyl (C=O) groups is 3. The molecule has 0 aromatic heterocycles. The number of hydrogen-bond donors (Lipinski definition) is 2. The van der Waals surface area contributed by atoms with Crippen molar-refractivity contribution in [2.24, 2.45) is 5.92 Å². The second kappa shape index (κ2) is 6.84. The van der Waals surface area contributed by atoms with Crippen LogP contribution in [0.4, 0.5) is 4.79 Å². The molecule has 1 aromatic carbocycles. The summed E-state index contributed by atoms with van der Waals surface area (Å²) >= 11 is 0. The second-order valence-electron chi connectivity index (χ2n) is 6.97. The molecule has 0 radical (unpaired) electrons. The highest BCUT2D eigenvalue weighted by Crippen LogP contribution is 2.30. The van der Waals surface area contributed by atoms with Gasteiger partial charge in [-0.2, -0.15) is 0 Å². The van der Waals surface area contributed by atoms with Crippen LogP contribution in [0.2, 0.25) is 0 Å². The highest BCUT2D eigenvalue weighted by Gasteiger charge is 2.40. The van der Waals surface area contributed by atoms with Gasteiger partial charge in [-0.25, -0.2) is 4.79 Å². The van der Waals surface area contributed by atoms with E-state index in [0.29, 0.717) is 25.9 Å². The molecule has 2 atom stereocenters. The maximum absolute atomic E-state index is 12.5. The first-order valence-corrected chi connectivity index (χ1v) is 8.49. The Morgan fingerprint density at radius 1 is 1.32 bits per heavy atom. The first-order valence-electron chi connectivity index (χ1n) is 8.49. The third-order valence-corrected chi connectivity index (χ3v) is 5.12. The van der Waals surface area contributed by atoms with Crippen molar-refractivity contribution in [3.8, 4) is 0 Å². The second-order valence-corrected chi connectivity index (χ2v) is 6.97. The molecule has 0 aliphatic carbocycles. The molecule has 7 nitrogen and oxygen atoms in total. The first-order chi connectivity index (χ1) is 11.9. The normalized spacial score (nSPS) is 26.7. The van der Waals surface area contributed by atoms with Crippen LogP contribution in [0.1, 0.15) is 18.9 Å². The number of urea groups is 1. The Hall–Kier alpha value is -2.41. The van der Waals surface area contributed by atoms with Crippen LogP contribution in [-0.4, -0.2) is 64.5 Å². The minimum atomic E-state index is -0.854. The van der Waals surface area contributed by atoms with Crippen LogP contribution in [0.5, 0.6) is 0 Å². The molecule has 0 unspecified atom stereocenters. The molecule has 4 amide bonds. The van der Waals surface area contributed by atoms with Crippen LogP contribution in [0.3, 0.4) is 0 Å². The average Bonchev–Trinajstić information content (AvgIpc) is 2.89. The van der Waals surface area contributed by atoms with E-state index in [4.69, 9.17) is 0 Å². The van der Waals surface area contributed by atoms with Crippen molar-refractivity contribution in [2.75, 3.05) is 26.2 Å². The van der Waals surface area contributed by atoms with Gasteiger partial charge in [-0.05, 0) is 25.3 Å². The third kappa shape index (κ3) is 3.82. The zero-order chi connectivity index (χ0) is 18.0. The number of hydrogen-bond acceptors (Lipinski definition) is 4.